The number of ether oxygens (including phenoxy) is 1. The van der Waals surface area contributed by atoms with Crippen molar-refractivity contribution < 1.29 is 31.1 Å². The van der Waals surface area contributed by atoms with Gasteiger partial charge in [-0.2, -0.15) is 13.2 Å². The highest BCUT2D eigenvalue weighted by atomic mass is 35.7. The Labute approximate surface area is 117 Å². The van der Waals surface area contributed by atoms with Crippen LogP contribution >= 0.6 is 10.7 Å². The maximum absolute atomic E-state index is 12.5. The van der Waals surface area contributed by atoms with Gasteiger partial charge in [-0.05, 0) is 19.1 Å². The van der Waals surface area contributed by atoms with E-state index < -0.39 is 38.3 Å². The second kappa shape index (κ2) is 5.96. The standard InChI is InChI=1S/C10H9ClF3NO4S/c1-2-19-9(16)6-3-4-8(10(12,13)14)15-7(6)5-20(11,17)18/h3-4H,2,5H2,1H3. The number of hydrogen-bond donors (Lipinski definition) is 0. The predicted octanol–water partition coefficient (Wildman–Crippen LogP) is 2.35. The van der Waals surface area contributed by atoms with Crippen LogP contribution in [0.5, 0.6) is 0 Å². The first-order valence-electron chi connectivity index (χ1n) is 5.21. The lowest BCUT2D eigenvalue weighted by atomic mass is 10.2. The molecule has 0 aliphatic rings. The Morgan fingerprint density at radius 3 is 2.45 bits per heavy atom. The molecule has 0 aliphatic carbocycles. The Morgan fingerprint density at radius 1 is 1.40 bits per heavy atom. The van der Waals surface area contributed by atoms with Crippen LogP contribution in [-0.2, 0) is 25.7 Å². The first kappa shape index (κ1) is 16.7. The van der Waals surface area contributed by atoms with Crippen molar-refractivity contribution in [2.75, 3.05) is 6.61 Å². The van der Waals surface area contributed by atoms with Crippen molar-refractivity contribution in [2.45, 2.75) is 18.9 Å². The Kier molecular flexibility index (Phi) is 4.98. The molecule has 0 bridgehead atoms. The van der Waals surface area contributed by atoms with Gasteiger partial charge in [0, 0.05) is 10.7 Å². The van der Waals surface area contributed by atoms with E-state index in [1.807, 2.05) is 0 Å². The first-order valence-corrected chi connectivity index (χ1v) is 7.69. The molecule has 5 nitrogen and oxygen atoms in total. The highest BCUT2D eigenvalue weighted by Crippen LogP contribution is 2.29. The van der Waals surface area contributed by atoms with Crippen LogP contribution in [0.15, 0.2) is 12.1 Å². The zero-order chi connectivity index (χ0) is 15.6. The number of carbonyl (C=O) groups is 1. The average molecular weight is 332 g/mol. The summed E-state index contributed by atoms with van der Waals surface area (Å²) in [5.74, 6) is -1.98. The van der Waals surface area contributed by atoms with Crippen molar-refractivity contribution in [1.29, 1.82) is 0 Å². The third-order valence-corrected chi connectivity index (χ3v) is 3.01. The van der Waals surface area contributed by atoms with E-state index in [-0.39, 0.29) is 12.2 Å². The van der Waals surface area contributed by atoms with E-state index in [9.17, 15) is 26.4 Å². The maximum atomic E-state index is 12.5. The van der Waals surface area contributed by atoms with Gasteiger partial charge < -0.3 is 4.74 Å². The zero-order valence-electron chi connectivity index (χ0n) is 10.1. The number of aromatic nitrogens is 1. The second-order valence-corrected chi connectivity index (χ2v) is 6.37. The highest BCUT2D eigenvalue weighted by molar-refractivity contribution is 8.13. The molecular formula is C10H9ClF3NO4S. The number of pyridine rings is 1. The summed E-state index contributed by atoms with van der Waals surface area (Å²) in [5.41, 5.74) is -2.29. The third-order valence-electron chi connectivity index (χ3n) is 2.07. The maximum Gasteiger partial charge on any atom is 0.433 e. The van der Waals surface area contributed by atoms with E-state index in [1.54, 1.807) is 0 Å². The molecule has 0 saturated carbocycles. The van der Waals surface area contributed by atoms with E-state index in [1.165, 1.54) is 6.92 Å². The number of carbonyl (C=O) groups excluding carboxylic acids is 1. The third kappa shape index (κ3) is 4.64. The molecule has 1 aromatic heterocycles. The Morgan fingerprint density at radius 2 is 2.00 bits per heavy atom. The minimum Gasteiger partial charge on any atom is -0.462 e. The fraction of sp³-hybridized carbons (Fsp3) is 0.400. The van der Waals surface area contributed by atoms with Gasteiger partial charge >= 0.3 is 12.1 Å². The van der Waals surface area contributed by atoms with Gasteiger partial charge in [-0.1, -0.05) is 0 Å². The van der Waals surface area contributed by atoms with Gasteiger partial charge in [0.05, 0.1) is 17.9 Å². The summed E-state index contributed by atoms with van der Waals surface area (Å²) in [6, 6.07) is 1.38. The van der Waals surface area contributed by atoms with Crippen LogP contribution in [0.2, 0.25) is 0 Å². The quantitative estimate of drug-likeness (QED) is 0.625. The molecule has 20 heavy (non-hydrogen) atoms. The molecule has 0 spiro atoms. The van der Waals surface area contributed by atoms with Crippen molar-refractivity contribution in [2.24, 2.45) is 0 Å². The van der Waals surface area contributed by atoms with Gasteiger partial charge in [0.2, 0.25) is 9.05 Å². The molecule has 112 valence electrons. The number of halogens is 4. The molecule has 0 atom stereocenters. The first-order chi connectivity index (χ1) is 9.04. The minimum atomic E-state index is -4.77. The normalized spacial score (nSPS) is 12.2. The SMILES string of the molecule is CCOC(=O)c1ccc(C(F)(F)F)nc1CS(=O)(=O)Cl. The van der Waals surface area contributed by atoms with Gasteiger partial charge in [-0.25, -0.2) is 18.2 Å². The molecular weight excluding hydrogens is 323 g/mol. The van der Waals surface area contributed by atoms with Gasteiger partial charge in [-0.3, -0.25) is 0 Å². The Balaban J connectivity index is 3.34. The molecule has 1 rings (SSSR count). The number of nitrogens with zero attached hydrogens (tertiary/aromatic N) is 1. The van der Waals surface area contributed by atoms with E-state index in [0.29, 0.717) is 6.07 Å². The highest BCUT2D eigenvalue weighted by Gasteiger charge is 2.34. The molecule has 0 aliphatic heterocycles. The van der Waals surface area contributed by atoms with Crippen LogP contribution in [0.25, 0.3) is 0 Å². The van der Waals surface area contributed by atoms with E-state index in [4.69, 9.17) is 10.7 Å². The summed E-state index contributed by atoms with van der Waals surface area (Å²) in [6.45, 7) is 1.47. The topological polar surface area (TPSA) is 73.3 Å². The molecule has 0 saturated heterocycles. The summed E-state index contributed by atoms with van der Waals surface area (Å²) in [5, 5.41) is 0. The van der Waals surface area contributed by atoms with Crippen molar-refractivity contribution in [3.05, 3.63) is 29.1 Å². The number of alkyl halides is 3. The van der Waals surface area contributed by atoms with Gasteiger partial charge in [0.25, 0.3) is 0 Å². The lowest BCUT2D eigenvalue weighted by Crippen LogP contribution is -2.16. The van der Waals surface area contributed by atoms with Gasteiger partial charge in [0.15, 0.2) is 0 Å². The smallest absolute Gasteiger partial charge is 0.433 e. The van der Waals surface area contributed by atoms with E-state index in [0.717, 1.165) is 6.07 Å². The van der Waals surface area contributed by atoms with Crippen LogP contribution in [-0.4, -0.2) is 26.0 Å². The van der Waals surface area contributed by atoms with Gasteiger partial charge in [0.1, 0.15) is 11.4 Å². The lowest BCUT2D eigenvalue weighted by Gasteiger charge is -2.11. The minimum absolute atomic E-state index is 0.0209. The molecule has 1 aromatic rings. The van der Waals surface area contributed by atoms with Gasteiger partial charge in [-0.15, -0.1) is 0 Å². The van der Waals surface area contributed by atoms with Crippen LogP contribution in [0, 0.1) is 0 Å². The molecule has 10 heteroatoms. The largest absolute Gasteiger partial charge is 0.462 e. The van der Waals surface area contributed by atoms with E-state index >= 15 is 0 Å². The molecule has 1 heterocycles. The summed E-state index contributed by atoms with van der Waals surface area (Å²) in [6.07, 6.45) is -4.77. The van der Waals surface area contributed by atoms with Crippen molar-refractivity contribution in [3.63, 3.8) is 0 Å². The van der Waals surface area contributed by atoms with Crippen molar-refractivity contribution in [1.82, 2.24) is 4.98 Å². The second-order valence-electron chi connectivity index (χ2n) is 3.59. The van der Waals surface area contributed by atoms with Crippen molar-refractivity contribution >= 4 is 25.7 Å². The number of esters is 1. The fourth-order valence-corrected chi connectivity index (χ4v) is 2.18. The summed E-state index contributed by atoms with van der Waals surface area (Å²) in [7, 11) is 0.811. The number of hydrogen-bond acceptors (Lipinski definition) is 5. The fourth-order valence-electron chi connectivity index (χ4n) is 1.33. The molecule has 0 fully saturated rings. The molecule has 0 amide bonds. The monoisotopic (exact) mass is 331 g/mol. The molecule has 0 N–H and O–H groups in total. The van der Waals surface area contributed by atoms with Crippen LogP contribution in [0.1, 0.15) is 28.7 Å². The number of rotatable bonds is 4. The summed E-state index contributed by atoms with van der Waals surface area (Å²) in [4.78, 5) is 14.7. The zero-order valence-corrected chi connectivity index (χ0v) is 11.6. The molecule has 0 aromatic carbocycles. The summed E-state index contributed by atoms with van der Waals surface area (Å²) < 4.78 is 64.1. The predicted molar refractivity (Wildman–Crippen MR) is 63.7 cm³/mol. The van der Waals surface area contributed by atoms with Crippen molar-refractivity contribution in [3.8, 4) is 0 Å². The van der Waals surface area contributed by atoms with E-state index in [2.05, 4.69) is 9.72 Å². The van der Waals surface area contributed by atoms with Crippen LogP contribution < -0.4 is 0 Å². The Hall–Kier alpha value is -1.35. The average Bonchev–Trinajstić information content (AvgIpc) is 2.25. The Bertz CT molecular complexity index is 615. The summed E-state index contributed by atoms with van der Waals surface area (Å²) >= 11 is 0. The van der Waals surface area contributed by atoms with Crippen LogP contribution in [0.3, 0.4) is 0 Å². The molecule has 0 radical (unpaired) electrons. The van der Waals surface area contributed by atoms with Crippen LogP contribution in [0.4, 0.5) is 13.2 Å². The molecule has 0 unspecified atom stereocenters. The lowest BCUT2D eigenvalue weighted by molar-refractivity contribution is -0.141.